The van der Waals surface area contributed by atoms with Gasteiger partial charge in [0.15, 0.2) is 0 Å². The molecule has 148 valence electrons. The van der Waals surface area contributed by atoms with Crippen LogP contribution in [-0.2, 0) is 21.8 Å². The van der Waals surface area contributed by atoms with Crippen LogP contribution in [0.1, 0.15) is 17.2 Å². The van der Waals surface area contributed by atoms with Gasteiger partial charge in [-0.3, -0.25) is 4.68 Å². The first-order valence-corrected chi connectivity index (χ1v) is 10.5. The lowest BCUT2D eigenvalue weighted by atomic mass is 10.0. The van der Waals surface area contributed by atoms with E-state index in [-0.39, 0.29) is 17.5 Å². The maximum Gasteiger partial charge on any atom is 0.244 e. The minimum atomic E-state index is -3.73. The van der Waals surface area contributed by atoms with Crippen molar-refractivity contribution in [3.8, 4) is 0 Å². The third-order valence-electron chi connectivity index (χ3n) is 4.64. The molecule has 1 fully saturated rings. The summed E-state index contributed by atoms with van der Waals surface area (Å²) < 4.78 is 36.2. The fourth-order valence-electron chi connectivity index (χ4n) is 3.49. The van der Waals surface area contributed by atoms with Gasteiger partial charge in [-0.25, -0.2) is 8.42 Å². The van der Waals surface area contributed by atoms with Crippen LogP contribution in [0.3, 0.4) is 0 Å². The first kappa shape index (κ1) is 20.3. The average Bonchev–Trinajstić information content (AvgIpc) is 2.99. The quantitative estimate of drug-likeness (QED) is 0.752. The molecular weight excluding hydrogens is 388 g/mol. The number of likely N-dealkylation sites (N-methyl/N-ethyl adjacent to an activating group) is 1. The van der Waals surface area contributed by atoms with E-state index in [4.69, 9.17) is 16.3 Å². The van der Waals surface area contributed by atoms with E-state index in [1.165, 1.54) is 4.31 Å². The summed E-state index contributed by atoms with van der Waals surface area (Å²) in [6.07, 6.45) is 3.26. The summed E-state index contributed by atoms with van der Waals surface area (Å²) in [4.78, 5) is 2.27. The number of benzene rings is 1. The van der Waals surface area contributed by atoms with Crippen LogP contribution in [0.5, 0.6) is 0 Å². The Kier molecular flexibility index (Phi) is 5.93. The predicted molar refractivity (Wildman–Crippen MR) is 104 cm³/mol. The molecule has 2 atom stereocenters. The van der Waals surface area contributed by atoms with Crippen LogP contribution < -0.4 is 0 Å². The lowest BCUT2D eigenvalue weighted by molar-refractivity contribution is -0.0514. The Morgan fingerprint density at radius 2 is 2.11 bits per heavy atom. The summed E-state index contributed by atoms with van der Waals surface area (Å²) in [6, 6.07) is 4.41. The van der Waals surface area contributed by atoms with Gasteiger partial charge in [0, 0.05) is 36.9 Å². The summed E-state index contributed by atoms with van der Waals surface area (Å²) in [7, 11) is 1.98. The van der Waals surface area contributed by atoms with Crippen LogP contribution in [0.25, 0.3) is 0 Å². The van der Waals surface area contributed by atoms with Gasteiger partial charge < -0.3 is 9.64 Å². The highest BCUT2D eigenvalue weighted by atomic mass is 35.5. The van der Waals surface area contributed by atoms with Crippen LogP contribution in [0.2, 0.25) is 5.02 Å². The monoisotopic (exact) mass is 412 g/mol. The van der Waals surface area contributed by atoms with Crippen molar-refractivity contribution in [2.24, 2.45) is 7.05 Å². The number of ether oxygens (including phenoxy) is 1. The molecule has 9 heteroatoms. The molecule has 7 nitrogen and oxygen atoms in total. The minimum Gasteiger partial charge on any atom is -0.373 e. The lowest BCUT2D eigenvalue weighted by Crippen LogP contribution is -2.51. The topological polar surface area (TPSA) is 67.7 Å². The fraction of sp³-hybridized carbons (Fsp3) is 0.500. The van der Waals surface area contributed by atoms with Crippen molar-refractivity contribution >= 4 is 21.6 Å². The molecule has 1 aliphatic rings. The Morgan fingerprint density at radius 3 is 2.70 bits per heavy atom. The molecule has 0 unspecified atom stereocenters. The van der Waals surface area contributed by atoms with Crippen LogP contribution in [0, 0.1) is 6.92 Å². The maximum atomic E-state index is 13.5. The van der Waals surface area contributed by atoms with Gasteiger partial charge in [-0.05, 0) is 44.8 Å². The van der Waals surface area contributed by atoms with E-state index in [2.05, 4.69) is 5.10 Å². The number of hydrogen-bond acceptors (Lipinski definition) is 5. The van der Waals surface area contributed by atoms with Gasteiger partial charge in [0.25, 0.3) is 0 Å². The zero-order valence-electron chi connectivity index (χ0n) is 16.0. The smallest absolute Gasteiger partial charge is 0.244 e. The van der Waals surface area contributed by atoms with Gasteiger partial charge >= 0.3 is 0 Å². The van der Waals surface area contributed by atoms with E-state index in [0.717, 1.165) is 5.56 Å². The Hall–Kier alpha value is -1.45. The van der Waals surface area contributed by atoms with Crippen LogP contribution >= 0.6 is 11.6 Å². The number of halogens is 1. The Bertz CT molecular complexity index is 913. The standard InChI is InChI=1S/C18H25ClN4O3S/c1-13-9-15(19)5-6-17(13)27(24,25)23-7-8-26-16(12-21(2)3)18(23)14-10-20-22(4)11-14/h5-6,9-11,16,18H,7-8,12H2,1-4H3/t16-,18-/m0/s1. The molecule has 1 aromatic carbocycles. The van der Waals surface area contributed by atoms with Crippen molar-refractivity contribution in [1.82, 2.24) is 19.0 Å². The molecule has 27 heavy (non-hydrogen) atoms. The van der Waals surface area contributed by atoms with Gasteiger partial charge in [-0.2, -0.15) is 9.40 Å². The van der Waals surface area contributed by atoms with Crippen molar-refractivity contribution in [2.75, 3.05) is 33.8 Å². The molecule has 0 bridgehead atoms. The van der Waals surface area contributed by atoms with Crippen LogP contribution in [-0.4, -0.2) is 67.3 Å². The van der Waals surface area contributed by atoms with Crippen molar-refractivity contribution in [2.45, 2.75) is 24.0 Å². The van der Waals surface area contributed by atoms with Crippen molar-refractivity contribution in [3.63, 3.8) is 0 Å². The van der Waals surface area contributed by atoms with E-state index in [9.17, 15) is 8.42 Å². The van der Waals surface area contributed by atoms with E-state index < -0.39 is 16.1 Å². The number of sulfonamides is 1. The molecule has 1 aliphatic heterocycles. The molecule has 1 saturated heterocycles. The second-order valence-corrected chi connectivity index (χ2v) is 9.38. The van der Waals surface area contributed by atoms with Crippen molar-refractivity contribution < 1.29 is 13.2 Å². The Morgan fingerprint density at radius 1 is 1.37 bits per heavy atom. The predicted octanol–water partition coefficient (Wildman–Crippen LogP) is 2.07. The second kappa shape index (κ2) is 7.89. The Balaban J connectivity index is 2.07. The SMILES string of the molecule is Cc1cc(Cl)ccc1S(=O)(=O)N1CCO[C@@H](CN(C)C)[C@@H]1c1cnn(C)c1. The number of aryl methyl sites for hydroxylation is 2. The molecule has 3 rings (SSSR count). The summed E-state index contributed by atoms with van der Waals surface area (Å²) in [5, 5.41) is 4.75. The normalized spacial score (nSPS) is 21.7. The highest BCUT2D eigenvalue weighted by Gasteiger charge is 2.42. The number of morpholine rings is 1. The minimum absolute atomic E-state index is 0.270. The van der Waals surface area contributed by atoms with E-state index in [1.807, 2.05) is 32.2 Å². The molecule has 2 heterocycles. The summed E-state index contributed by atoms with van der Waals surface area (Å²) in [5.41, 5.74) is 1.45. The number of rotatable bonds is 5. The molecule has 2 aromatic rings. The third-order valence-corrected chi connectivity index (χ3v) is 6.92. The molecular formula is C18H25ClN4O3S. The number of nitrogens with zero attached hydrogens (tertiary/aromatic N) is 4. The molecule has 0 saturated carbocycles. The van der Waals surface area contributed by atoms with Gasteiger partial charge in [-0.15, -0.1) is 0 Å². The number of hydrogen-bond donors (Lipinski definition) is 0. The molecule has 0 spiro atoms. The lowest BCUT2D eigenvalue weighted by Gasteiger charge is -2.41. The van der Waals surface area contributed by atoms with Crippen LogP contribution in [0.15, 0.2) is 35.5 Å². The highest BCUT2D eigenvalue weighted by Crippen LogP contribution is 2.35. The second-order valence-electron chi connectivity index (χ2n) is 7.09. The fourth-order valence-corrected chi connectivity index (χ4v) is 5.55. The van der Waals surface area contributed by atoms with Crippen molar-refractivity contribution in [3.05, 3.63) is 46.7 Å². The first-order chi connectivity index (χ1) is 12.7. The Labute approximate surface area is 165 Å². The zero-order valence-corrected chi connectivity index (χ0v) is 17.5. The summed E-state index contributed by atoms with van der Waals surface area (Å²) in [6.45, 7) is 3.00. The molecule has 0 amide bonds. The van der Waals surface area contributed by atoms with E-state index in [0.29, 0.717) is 23.7 Å². The summed E-state index contributed by atoms with van der Waals surface area (Å²) >= 11 is 6.02. The van der Waals surface area contributed by atoms with Gasteiger partial charge in [-0.1, -0.05) is 11.6 Å². The molecule has 0 aliphatic carbocycles. The van der Waals surface area contributed by atoms with Gasteiger partial charge in [0.05, 0.1) is 29.8 Å². The zero-order chi connectivity index (χ0) is 19.8. The average molecular weight is 413 g/mol. The van der Waals surface area contributed by atoms with Crippen LogP contribution in [0.4, 0.5) is 0 Å². The van der Waals surface area contributed by atoms with E-state index >= 15 is 0 Å². The molecule has 0 N–H and O–H groups in total. The van der Waals surface area contributed by atoms with E-state index in [1.54, 1.807) is 36.0 Å². The highest BCUT2D eigenvalue weighted by molar-refractivity contribution is 7.89. The number of aromatic nitrogens is 2. The molecule has 0 radical (unpaired) electrons. The molecule has 1 aromatic heterocycles. The maximum absolute atomic E-state index is 13.5. The third kappa shape index (κ3) is 4.20. The largest absolute Gasteiger partial charge is 0.373 e. The van der Waals surface area contributed by atoms with Gasteiger partial charge in [0.1, 0.15) is 0 Å². The summed E-state index contributed by atoms with van der Waals surface area (Å²) in [5.74, 6) is 0. The van der Waals surface area contributed by atoms with Crippen molar-refractivity contribution in [1.29, 1.82) is 0 Å². The first-order valence-electron chi connectivity index (χ1n) is 8.73. The van der Waals surface area contributed by atoms with Gasteiger partial charge in [0.2, 0.25) is 10.0 Å².